The van der Waals surface area contributed by atoms with Crippen LogP contribution in [-0.2, 0) is 0 Å². The lowest BCUT2D eigenvalue weighted by molar-refractivity contribution is 0.529. The molecule has 2 nitrogen and oxygen atoms in total. The van der Waals surface area contributed by atoms with E-state index in [1.54, 1.807) is 6.07 Å². The van der Waals surface area contributed by atoms with Gasteiger partial charge in [0.15, 0.2) is 0 Å². The van der Waals surface area contributed by atoms with Crippen LogP contribution in [0.1, 0.15) is 44.7 Å². The molecule has 18 heavy (non-hydrogen) atoms. The first-order valence-corrected chi connectivity index (χ1v) is 6.92. The van der Waals surface area contributed by atoms with E-state index in [0.717, 1.165) is 24.7 Å². The third kappa shape index (κ3) is 2.66. The van der Waals surface area contributed by atoms with Gasteiger partial charge < -0.3 is 10.6 Å². The summed E-state index contributed by atoms with van der Waals surface area (Å²) in [7, 11) is 0. The zero-order valence-electron chi connectivity index (χ0n) is 11.3. The van der Waals surface area contributed by atoms with Crippen LogP contribution in [0.4, 0.5) is 10.1 Å². The second kappa shape index (κ2) is 5.70. The molecule has 1 aromatic rings. The van der Waals surface area contributed by atoms with E-state index in [2.05, 4.69) is 11.8 Å². The molecule has 1 saturated heterocycles. The van der Waals surface area contributed by atoms with Gasteiger partial charge in [-0.3, -0.25) is 0 Å². The van der Waals surface area contributed by atoms with Crippen LogP contribution in [0.3, 0.4) is 0 Å². The van der Waals surface area contributed by atoms with E-state index in [0.29, 0.717) is 5.56 Å². The fourth-order valence-corrected chi connectivity index (χ4v) is 2.95. The normalized spacial score (nSPS) is 21.3. The van der Waals surface area contributed by atoms with Gasteiger partial charge in [-0.25, -0.2) is 4.39 Å². The number of benzene rings is 1. The number of nitrogens with zero attached hydrogens (tertiary/aromatic N) is 1. The van der Waals surface area contributed by atoms with E-state index >= 15 is 0 Å². The Labute approximate surface area is 109 Å². The highest BCUT2D eigenvalue weighted by Gasteiger charge is 2.25. The van der Waals surface area contributed by atoms with E-state index in [-0.39, 0.29) is 11.9 Å². The van der Waals surface area contributed by atoms with Gasteiger partial charge in [-0.15, -0.1) is 0 Å². The molecule has 2 N–H and O–H groups in total. The van der Waals surface area contributed by atoms with Gasteiger partial charge in [-0.05, 0) is 37.8 Å². The minimum atomic E-state index is -0.258. The molecule has 1 heterocycles. The van der Waals surface area contributed by atoms with Crippen molar-refractivity contribution in [3.63, 3.8) is 0 Å². The van der Waals surface area contributed by atoms with Crippen molar-refractivity contribution in [1.29, 1.82) is 0 Å². The van der Waals surface area contributed by atoms with Crippen LogP contribution in [0.15, 0.2) is 18.2 Å². The Kier molecular flexibility index (Phi) is 4.23. The number of rotatable bonds is 4. The third-order valence-electron chi connectivity index (χ3n) is 3.81. The van der Waals surface area contributed by atoms with Crippen molar-refractivity contribution in [2.24, 2.45) is 11.7 Å². The molecule has 1 unspecified atom stereocenters. The molecule has 0 bridgehead atoms. The maximum absolute atomic E-state index is 13.9. The number of anilines is 1. The molecular weight excluding hydrogens is 227 g/mol. The monoisotopic (exact) mass is 250 g/mol. The second-order valence-electron chi connectivity index (χ2n) is 5.35. The van der Waals surface area contributed by atoms with Gasteiger partial charge >= 0.3 is 0 Å². The van der Waals surface area contributed by atoms with Crippen LogP contribution >= 0.6 is 0 Å². The summed E-state index contributed by atoms with van der Waals surface area (Å²) in [5, 5.41) is 0. The zero-order chi connectivity index (χ0) is 13.1. The van der Waals surface area contributed by atoms with Crippen molar-refractivity contribution < 1.29 is 4.39 Å². The second-order valence-corrected chi connectivity index (χ2v) is 5.35. The van der Waals surface area contributed by atoms with E-state index in [9.17, 15) is 4.39 Å². The van der Waals surface area contributed by atoms with Crippen LogP contribution in [0.5, 0.6) is 0 Å². The summed E-state index contributed by atoms with van der Waals surface area (Å²) in [6, 6.07) is 5.02. The molecular formula is C15H23FN2. The summed E-state index contributed by atoms with van der Waals surface area (Å²) < 4.78 is 13.9. The van der Waals surface area contributed by atoms with E-state index in [1.807, 2.05) is 13.0 Å². The Hall–Kier alpha value is -1.09. The minimum Gasteiger partial charge on any atom is -0.371 e. The number of nitrogens with two attached hydrogens (primary N) is 1. The van der Waals surface area contributed by atoms with Gasteiger partial charge in [0.2, 0.25) is 0 Å². The van der Waals surface area contributed by atoms with Gasteiger partial charge in [0.25, 0.3) is 0 Å². The van der Waals surface area contributed by atoms with Crippen LogP contribution in [0.2, 0.25) is 0 Å². The molecule has 0 amide bonds. The lowest BCUT2D eigenvalue weighted by Gasteiger charge is -2.24. The summed E-state index contributed by atoms with van der Waals surface area (Å²) in [5.74, 6) is 0.570. The third-order valence-corrected chi connectivity index (χ3v) is 3.81. The van der Waals surface area contributed by atoms with Gasteiger partial charge in [0.1, 0.15) is 5.82 Å². The topological polar surface area (TPSA) is 29.3 Å². The molecule has 2 rings (SSSR count). The van der Waals surface area contributed by atoms with Crippen molar-refractivity contribution in [3.05, 3.63) is 29.6 Å². The van der Waals surface area contributed by atoms with Crippen molar-refractivity contribution >= 4 is 5.69 Å². The van der Waals surface area contributed by atoms with Crippen molar-refractivity contribution in [2.45, 2.75) is 39.2 Å². The lowest BCUT2D eigenvalue weighted by atomic mass is 10.0. The van der Waals surface area contributed by atoms with E-state index in [4.69, 9.17) is 5.73 Å². The molecule has 1 aromatic carbocycles. The molecule has 0 spiro atoms. The maximum atomic E-state index is 13.9. The number of halogens is 1. The molecule has 0 aliphatic carbocycles. The number of hydrogen-bond donors (Lipinski definition) is 1. The largest absolute Gasteiger partial charge is 0.371 e. The van der Waals surface area contributed by atoms with Gasteiger partial charge in [0.05, 0.1) is 0 Å². The molecule has 0 aromatic heterocycles. The molecule has 1 aliphatic rings. The van der Waals surface area contributed by atoms with Gasteiger partial charge in [-0.1, -0.05) is 19.4 Å². The summed E-state index contributed by atoms with van der Waals surface area (Å²) in [5.41, 5.74) is 7.56. The molecule has 2 atom stereocenters. The Bertz CT molecular complexity index is 403. The maximum Gasteiger partial charge on any atom is 0.130 e. The average molecular weight is 250 g/mol. The fraction of sp³-hybridized carbons (Fsp3) is 0.600. The quantitative estimate of drug-likeness (QED) is 0.886. The smallest absolute Gasteiger partial charge is 0.130 e. The average Bonchev–Trinajstić information content (AvgIpc) is 2.77. The standard InChI is InChI=1S/C15H23FN2/c1-3-5-12-8-9-18(10-12)14-7-4-6-13(16)15(14)11(2)17/h4,6-7,11-12H,3,5,8-10,17H2,1-2H3/t11-,12?/m0/s1. The summed E-state index contributed by atoms with van der Waals surface area (Å²) in [6.45, 7) is 6.13. The van der Waals surface area contributed by atoms with Gasteiger partial charge in [-0.2, -0.15) is 0 Å². The first-order chi connectivity index (χ1) is 8.63. The number of hydrogen-bond acceptors (Lipinski definition) is 2. The Morgan fingerprint density at radius 3 is 2.94 bits per heavy atom. The van der Waals surface area contributed by atoms with Crippen LogP contribution in [0, 0.1) is 11.7 Å². The lowest BCUT2D eigenvalue weighted by Crippen LogP contribution is -2.23. The summed E-state index contributed by atoms with van der Waals surface area (Å²) >= 11 is 0. The highest BCUT2D eigenvalue weighted by Crippen LogP contribution is 2.32. The van der Waals surface area contributed by atoms with Crippen molar-refractivity contribution in [3.8, 4) is 0 Å². The van der Waals surface area contributed by atoms with Crippen LogP contribution in [-0.4, -0.2) is 13.1 Å². The highest BCUT2D eigenvalue weighted by atomic mass is 19.1. The SMILES string of the molecule is CCCC1CCN(c2cccc(F)c2[C@H](C)N)C1. The van der Waals surface area contributed by atoms with Crippen molar-refractivity contribution in [2.75, 3.05) is 18.0 Å². The molecule has 1 aliphatic heterocycles. The first kappa shape index (κ1) is 13.3. The predicted octanol–water partition coefficient (Wildman–Crippen LogP) is 3.47. The molecule has 100 valence electrons. The Morgan fingerprint density at radius 2 is 2.28 bits per heavy atom. The predicted molar refractivity (Wildman–Crippen MR) is 74.2 cm³/mol. The fourth-order valence-electron chi connectivity index (χ4n) is 2.95. The molecule has 1 fully saturated rings. The minimum absolute atomic E-state index is 0.179. The van der Waals surface area contributed by atoms with Crippen molar-refractivity contribution in [1.82, 2.24) is 0 Å². The molecule has 0 radical (unpaired) electrons. The highest BCUT2D eigenvalue weighted by molar-refractivity contribution is 5.56. The van der Waals surface area contributed by atoms with Crippen LogP contribution in [0.25, 0.3) is 0 Å². The molecule has 3 heteroatoms. The van der Waals surface area contributed by atoms with Crippen LogP contribution < -0.4 is 10.6 Å². The Balaban J connectivity index is 2.21. The zero-order valence-corrected chi connectivity index (χ0v) is 11.3. The Morgan fingerprint density at radius 1 is 1.50 bits per heavy atom. The van der Waals surface area contributed by atoms with Gasteiger partial charge in [0, 0.05) is 30.4 Å². The summed E-state index contributed by atoms with van der Waals surface area (Å²) in [6.07, 6.45) is 3.70. The first-order valence-electron chi connectivity index (χ1n) is 6.92. The summed E-state index contributed by atoms with van der Waals surface area (Å²) in [4.78, 5) is 2.29. The molecule has 0 saturated carbocycles. The van der Waals surface area contributed by atoms with E-state index < -0.39 is 0 Å². The van der Waals surface area contributed by atoms with E-state index in [1.165, 1.54) is 25.3 Å².